The van der Waals surface area contributed by atoms with E-state index >= 15 is 0 Å². The maximum atomic E-state index is 12.2. The van der Waals surface area contributed by atoms with Crippen LogP contribution in [-0.2, 0) is 9.59 Å². The van der Waals surface area contributed by atoms with Gasteiger partial charge in [0, 0.05) is 12.3 Å². The van der Waals surface area contributed by atoms with E-state index < -0.39 is 18.0 Å². The SMILES string of the molecule is CCCNC(=O)CNC(=O)N1C(CCC)SCC1C(=O)O. The van der Waals surface area contributed by atoms with E-state index in [1.165, 1.54) is 16.7 Å². The number of carbonyl (C=O) groups is 3. The second-order valence-electron chi connectivity index (χ2n) is 4.85. The van der Waals surface area contributed by atoms with E-state index in [2.05, 4.69) is 10.6 Å². The van der Waals surface area contributed by atoms with Gasteiger partial charge in [0.2, 0.25) is 5.91 Å². The molecule has 0 saturated carbocycles. The molecule has 2 atom stereocenters. The molecule has 1 fully saturated rings. The summed E-state index contributed by atoms with van der Waals surface area (Å²) in [5, 5.41) is 14.2. The molecule has 0 bridgehead atoms. The molecule has 8 heteroatoms. The van der Waals surface area contributed by atoms with Gasteiger partial charge >= 0.3 is 12.0 Å². The highest BCUT2D eigenvalue weighted by Gasteiger charge is 2.41. The normalized spacial score (nSPS) is 21.1. The van der Waals surface area contributed by atoms with Gasteiger partial charge in [-0.3, -0.25) is 9.69 Å². The molecule has 21 heavy (non-hydrogen) atoms. The van der Waals surface area contributed by atoms with Crippen molar-refractivity contribution in [3.05, 3.63) is 0 Å². The molecular weight excluding hydrogens is 294 g/mol. The van der Waals surface area contributed by atoms with Gasteiger partial charge < -0.3 is 15.7 Å². The summed E-state index contributed by atoms with van der Waals surface area (Å²) < 4.78 is 0. The predicted octanol–water partition coefficient (Wildman–Crippen LogP) is 0.850. The van der Waals surface area contributed by atoms with Crippen molar-refractivity contribution in [2.75, 3.05) is 18.8 Å². The van der Waals surface area contributed by atoms with Crippen LogP contribution < -0.4 is 10.6 Å². The van der Waals surface area contributed by atoms with Gasteiger partial charge in [-0.1, -0.05) is 20.3 Å². The standard InChI is InChI=1S/C13H23N3O4S/c1-3-5-11-16(9(8-21-11)12(18)19)13(20)15-7-10(17)14-6-4-2/h9,11H,3-8H2,1-2H3,(H,14,17)(H,15,20)(H,18,19). The largest absolute Gasteiger partial charge is 0.480 e. The van der Waals surface area contributed by atoms with Gasteiger partial charge in [0.15, 0.2) is 0 Å². The van der Waals surface area contributed by atoms with E-state index in [4.69, 9.17) is 0 Å². The van der Waals surface area contributed by atoms with Gasteiger partial charge in [-0.2, -0.15) is 0 Å². The maximum absolute atomic E-state index is 12.2. The number of carboxylic acid groups (broad SMARTS) is 1. The third-order valence-corrected chi connectivity index (χ3v) is 4.48. The summed E-state index contributed by atoms with van der Waals surface area (Å²) >= 11 is 1.47. The van der Waals surface area contributed by atoms with Crippen molar-refractivity contribution < 1.29 is 19.5 Å². The highest BCUT2D eigenvalue weighted by atomic mass is 32.2. The molecule has 1 rings (SSSR count). The Kier molecular flexibility index (Phi) is 7.35. The molecule has 0 aromatic rings. The molecular formula is C13H23N3O4S. The van der Waals surface area contributed by atoms with Crippen LogP contribution >= 0.6 is 11.8 Å². The minimum absolute atomic E-state index is 0.134. The minimum atomic E-state index is -1.01. The summed E-state index contributed by atoms with van der Waals surface area (Å²) in [6, 6.07) is -1.32. The quantitative estimate of drug-likeness (QED) is 0.646. The van der Waals surface area contributed by atoms with Gasteiger partial charge in [0.25, 0.3) is 0 Å². The third kappa shape index (κ3) is 5.11. The smallest absolute Gasteiger partial charge is 0.327 e. The average Bonchev–Trinajstić information content (AvgIpc) is 2.87. The molecule has 1 saturated heterocycles. The fourth-order valence-electron chi connectivity index (χ4n) is 2.07. The third-order valence-electron chi connectivity index (χ3n) is 3.12. The number of thioether (sulfide) groups is 1. The number of rotatable bonds is 7. The summed E-state index contributed by atoms with van der Waals surface area (Å²) in [4.78, 5) is 36.2. The summed E-state index contributed by atoms with van der Waals surface area (Å²) in [6.07, 6.45) is 2.43. The maximum Gasteiger partial charge on any atom is 0.327 e. The number of nitrogens with zero attached hydrogens (tertiary/aromatic N) is 1. The molecule has 0 radical (unpaired) electrons. The van der Waals surface area contributed by atoms with E-state index in [-0.39, 0.29) is 17.8 Å². The average molecular weight is 317 g/mol. The van der Waals surface area contributed by atoms with E-state index in [1.807, 2.05) is 13.8 Å². The predicted molar refractivity (Wildman–Crippen MR) is 81.1 cm³/mol. The first-order valence-electron chi connectivity index (χ1n) is 7.18. The van der Waals surface area contributed by atoms with Crippen LogP contribution in [0.1, 0.15) is 33.1 Å². The topological polar surface area (TPSA) is 98.7 Å². The first kappa shape index (κ1) is 17.6. The molecule has 0 aromatic carbocycles. The summed E-state index contributed by atoms with van der Waals surface area (Å²) in [6.45, 7) is 4.35. The molecule has 3 amide bonds. The molecule has 120 valence electrons. The Morgan fingerprint density at radius 3 is 2.52 bits per heavy atom. The Morgan fingerprint density at radius 1 is 1.24 bits per heavy atom. The first-order valence-corrected chi connectivity index (χ1v) is 8.23. The lowest BCUT2D eigenvalue weighted by atomic mass is 10.2. The van der Waals surface area contributed by atoms with Crippen LogP contribution in [0.2, 0.25) is 0 Å². The summed E-state index contributed by atoms with van der Waals surface area (Å²) in [7, 11) is 0. The van der Waals surface area contributed by atoms with Crippen LogP contribution in [0, 0.1) is 0 Å². The van der Waals surface area contributed by atoms with Crippen LogP contribution in [0.3, 0.4) is 0 Å². The molecule has 7 nitrogen and oxygen atoms in total. The monoisotopic (exact) mass is 317 g/mol. The zero-order valence-corrected chi connectivity index (χ0v) is 13.2. The molecule has 0 aromatic heterocycles. The minimum Gasteiger partial charge on any atom is -0.480 e. The molecule has 1 aliphatic rings. The van der Waals surface area contributed by atoms with E-state index in [9.17, 15) is 19.5 Å². The van der Waals surface area contributed by atoms with Gasteiger partial charge in [0.1, 0.15) is 6.04 Å². The van der Waals surface area contributed by atoms with Gasteiger partial charge in [0.05, 0.1) is 11.9 Å². The number of hydrogen-bond acceptors (Lipinski definition) is 4. The van der Waals surface area contributed by atoms with Crippen molar-refractivity contribution in [3.8, 4) is 0 Å². The Hall–Kier alpha value is -1.44. The molecule has 1 aliphatic heterocycles. The fourth-order valence-corrected chi connectivity index (χ4v) is 3.58. The lowest BCUT2D eigenvalue weighted by molar-refractivity contribution is -0.141. The number of carboxylic acids is 1. The Morgan fingerprint density at radius 2 is 1.95 bits per heavy atom. The van der Waals surface area contributed by atoms with Crippen molar-refractivity contribution in [1.82, 2.24) is 15.5 Å². The Bertz CT molecular complexity index is 392. The number of urea groups is 1. The van der Waals surface area contributed by atoms with E-state index in [0.717, 1.165) is 19.3 Å². The van der Waals surface area contributed by atoms with Crippen LogP contribution in [-0.4, -0.2) is 58.2 Å². The molecule has 0 spiro atoms. The van der Waals surface area contributed by atoms with Crippen molar-refractivity contribution in [1.29, 1.82) is 0 Å². The number of nitrogens with one attached hydrogen (secondary N) is 2. The van der Waals surface area contributed by atoms with Gasteiger partial charge in [-0.05, 0) is 12.8 Å². The lowest BCUT2D eigenvalue weighted by Crippen LogP contribution is -2.51. The van der Waals surface area contributed by atoms with Crippen molar-refractivity contribution >= 4 is 29.7 Å². The van der Waals surface area contributed by atoms with Crippen molar-refractivity contribution in [2.24, 2.45) is 0 Å². The number of carbonyl (C=O) groups excluding carboxylic acids is 2. The second-order valence-corrected chi connectivity index (χ2v) is 6.06. The first-order chi connectivity index (χ1) is 10.0. The van der Waals surface area contributed by atoms with Crippen LogP contribution in [0.5, 0.6) is 0 Å². The molecule has 1 heterocycles. The zero-order chi connectivity index (χ0) is 15.8. The van der Waals surface area contributed by atoms with E-state index in [1.54, 1.807) is 0 Å². The van der Waals surface area contributed by atoms with Crippen LogP contribution in [0.4, 0.5) is 4.79 Å². The van der Waals surface area contributed by atoms with Gasteiger partial charge in [-0.25, -0.2) is 9.59 Å². The molecule has 0 aliphatic carbocycles. The van der Waals surface area contributed by atoms with Crippen LogP contribution in [0.15, 0.2) is 0 Å². The fraction of sp³-hybridized carbons (Fsp3) is 0.769. The highest BCUT2D eigenvalue weighted by Crippen LogP contribution is 2.32. The summed E-state index contributed by atoms with van der Waals surface area (Å²) in [5.41, 5.74) is 0. The second kappa shape index (κ2) is 8.76. The Labute approximate surface area is 128 Å². The van der Waals surface area contributed by atoms with Crippen LogP contribution in [0.25, 0.3) is 0 Å². The number of amides is 3. The summed E-state index contributed by atoms with van der Waals surface area (Å²) in [5.74, 6) is -0.891. The lowest BCUT2D eigenvalue weighted by Gasteiger charge is -2.27. The molecule has 2 unspecified atom stereocenters. The Balaban J connectivity index is 2.58. The van der Waals surface area contributed by atoms with Crippen molar-refractivity contribution in [3.63, 3.8) is 0 Å². The van der Waals surface area contributed by atoms with E-state index in [0.29, 0.717) is 12.3 Å². The van der Waals surface area contributed by atoms with Crippen molar-refractivity contribution in [2.45, 2.75) is 44.5 Å². The highest BCUT2D eigenvalue weighted by molar-refractivity contribution is 8.00. The molecule has 3 N–H and O–H groups in total. The number of aliphatic carboxylic acids is 1. The zero-order valence-electron chi connectivity index (χ0n) is 12.4. The number of hydrogen-bond donors (Lipinski definition) is 3. The van der Waals surface area contributed by atoms with Gasteiger partial charge in [-0.15, -0.1) is 11.8 Å².